The predicted octanol–water partition coefficient (Wildman–Crippen LogP) is 1.24. The highest BCUT2D eigenvalue weighted by atomic mass is 127. The van der Waals surface area contributed by atoms with Crippen molar-refractivity contribution in [2.24, 2.45) is 0 Å². The van der Waals surface area contributed by atoms with Gasteiger partial charge in [-0.1, -0.05) is 11.6 Å². The van der Waals surface area contributed by atoms with Gasteiger partial charge in [0.25, 0.3) is 0 Å². The van der Waals surface area contributed by atoms with E-state index in [1.54, 1.807) is 7.11 Å². The van der Waals surface area contributed by atoms with Crippen LogP contribution in [-0.4, -0.2) is 7.11 Å². The van der Waals surface area contributed by atoms with Gasteiger partial charge in [0.05, 0.1) is 11.6 Å². The number of hydrogen-bond acceptors (Lipinski definition) is 1. The highest BCUT2D eigenvalue weighted by molar-refractivity contribution is 9.10. The lowest BCUT2D eigenvalue weighted by Gasteiger charge is -1.96. The molecule has 0 amide bonds. The van der Waals surface area contributed by atoms with Gasteiger partial charge in [-0.3, -0.25) is 0 Å². The Hall–Kier alpha value is -0.260. The minimum Gasteiger partial charge on any atom is -0.497 e. The van der Waals surface area contributed by atoms with Crippen LogP contribution in [0, 0.1) is 7.14 Å². The van der Waals surface area contributed by atoms with Gasteiger partial charge in [-0.25, -0.2) is 0 Å². The van der Waals surface area contributed by atoms with Crippen LogP contribution in [0.5, 0.6) is 5.75 Å². The molecular weight excluding hydrogens is 414 g/mol. The Balaban J connectivity index is 2.19. The fourth-order valence-corrected chi connectivity index (χ4v) is 4.65. The van der Waals surface area contributed by atoms with Crippen molar-refractivity contribution in [1.82, 2.24) is 0 Å². The molecule has 0 aliphatic carbocycles. The summed E-state index contributed by atoms with van der Waals surface area (Å²) in [6.07, 6.45) is 0. The summed E-state index contributed by atoms with van der Waals surface area (Å²) in [5.41, 5.74) is 0. The monoisotopic (exact) mass is 423 g/mol. The fraction of sp³-hybridized carbons (Fsp3) is 0.0769. The van der Waals surface area contributed by atoms with Crippen LogP contribution in [0.25, 0.3) is 0 Å². The molecule has 2 aromatic rings. The zero-order valence-electron chi connectivity index (χ0n) is 9.08. The Morgan fingerprint density at radius 1 is 1.12 bits per heavy atom. The molecule has 0 bridgehead atoms. The lowest BCUT2D eigenvalue weighted by atomic mass is 10.3. The SMILES string of the molecule is COc1ccc([I+]c2ccc(Cl)cc2Br)cc1. The molecule has 0 unspecified atom stereocenters. The summed E-state index contributed by atoms with van der Waals surface area (Å²) in [5.74, 6) is 0.896. The summed E-state index contributed by atoms with van der Waals surface area (Å²) in [6, 6.07) is 14.2. The first-order valence-corrected chi connectivity index (χ1v) is 8.26. The van der Waals surface area contributed by atoms with Crippen LogP contribution in [0.4, 0.5) is 0 Å². The Labute approximate surface area is 125 Å². The Kier molecular flexibility index (Phi) is 4.70. The van der Waals surface area contributed by atoms with Gasteiger partial charge in [0.2, 0.25) is 3.57 Å². The second kappa shape index (κ2) is 6.07. The maximum absolute atomic E-state index is 5.93. The van der Waals surface area contributed by atoms with Crippen LogP contribution in [0.2, 0.25) is 5.02 Å². The summed E-state index contributed by atoms with van der Waals surface area (Å²) < 4.78 is 8.92. The maximum atomic E-state index is 5.93. The average Bonchev–Trinajstić information content (AvgIpc) is 2.34. The molecule has 2 rings (SSSR count). The van der Waals surface area contributed by atoms with Crippen molar-refractivity contribution >= 4 is 27.5 Å². The van der Waals surface area contributed by atoms with Crippen molar-refractivity contribution in [1.29, 1.82) is 0 Å². The standard InChI is InChI=1S/C13H10BrClIO/c1-17-11-5-3-10(4-6-11)16-13-7-2-9(15)8-12(13)14/h2-8H,1H3/q+1. The van der Waals surface area contributed by atoms with E-state index < -0.39 is 0 Å². The molecule has 1 nitrogen and oxygen atoms in total. The number of halogens is 3. The molecule has 0 fully saturated rings. The molecule has 0 spiro atoms. The van der Waals surface area contributed by atoms with Crippen LogP contribution in [0.3, 0.4) is 0 Å². The molecule has 4 heteroatoms. The van der Waals surface area contributed by atoms with Gasteiger partial charge < -0.3 is 4.74 Å². The van der Waals surface area contributed by atoms with Crippen molar-refractivity contribution in [3.05, 3.63) is 59.1 Å². The second-order valence-corrected chi connectivity index (χ2v) is 7.55. The number of methoxy groups -OCH3 is 1. The molecule has 2 aromatic carbocycles. The number of benzene rings is 2. The number of rotatable bonds is 3. The third-order valence-corrected chi connectivity index (χ3v) is 6.64. The summed E-state index contributed by atoms with van der Waals surface area (Å²) in [5, 5.41) is 0.763. The quantitative estimate of drug-likeness (QED) is 0.532. The van der Waals surface area contributed by atoms with Crippen LogP contribution in [0.1, 0.15) is 0 Å². The topological polar surface area (TPSA) is 9.23 Å². The second-order valence-electron chi connectivity index (χ2n) is 3.31. The van der Waals surface area contributed by atoms with Gasteiger partial charge in [0.1, 0.15) is 5.75 Å². The first-order valence-electron chi connectivity index (χ1n) is 4.93. The first-order chi connectivity index (χ1) is 8.19. The van der Waals surface area contributed by atoms with E-state index in [-0.39, 0.29) is 21.2 Å². The van der Waals surface area contributed by atoms with Gasteiger partial charge in [0.15, 0.2) is 3.57 Å². The van der Waals surface area contributed by atoms with E-state index in [2.05, 4.69) is 34.1 Å². The van der Waals surface area contributed by atoms with E-state index in [0.29, 0.717) is 0 Å². The third-order valence-electron chi connectivity index (χ3n) is 2.14. The molecular formula is C13H10BrClIO+. The van der Waals surface area contributed by atoms with Crippen LogP contribution < -0.4 is 25.9 Å². The van der Waals surface area contributed by atoms with E-state index in [1.165, 1.54) is 7.14 Å². The summed E-state index contributed by atoms with van der Waals surface area (Å²) >= 11 is 9.29. The van der Waals surface area contributed by atoms with Gasteiger partial charge in [0, 0.05) is 5.02 Å². The molecule has 0 N–H and O–H groups in total. The van der Waals surface area contributed by atoms with E-state index in [0.717, 1.165) is 15.2 Å². The molecule has 88 valence electrons. The van der Waals surface area contributed by atoms with E-state index >= 15 is 0 Å². The molecule has 0 aliphatic rings. The van der Waals surface area contributed by atoms with Crippen molar-refractivity contribution < 1.29 is 25.9 Å². The summed E-state index contributed by atoms with van der Waals surface area (Å²) in [7, 11) is 1.68. The van der Waals surface area contributed by atoms with Crippen LogP contribution >= 0.6 is 27.5 Å². The molecule has 0 heterocycles. The van der Waals surface area contributed by atoms with Crippen molar-refractivity contribution in [2.75, 3.05) is 7.11 Å². The Bertz CT molecular complexity index is 513. The van der Waals surface area contributed by atoms with Gasteiger partial charge in [-0.15, -0.1) is 0 Å². The lowest BCUT2D eigenvalue weighted by molar-refractivity contribution is -0.598. The minimum atomic E-state index is -0.185. The van der Waals surface area contributed by atoms with Crippen LogP contribution in [0.15, 0.2) is 46.9 Å². The van der Waals surface area contributed by atoms with Crippen molar-refractivity contribution in [3.63, 3.8) is 0 Å². The van der Waals surface area contributed by atoms with Crippen molar-refractivity contribution in [3.8, 4) is 5.75 Å². The highest BCUT2D eigenvalue weighted by Gasteiger charge is 2.19. The molecule has 17 heavy (non-hydrogen) atoms. The van der Waals surface area contributed by atoms with Gasteiger partial charge >= 0.3 is 21.2 Å². The minimum absolute atomic E-state index is 0.185. The molecule has 0 atom stereocenters. The number of hydrogen-bond donors (Lipinski definition) is 0. The van der Waals surface area contributed by atoms with Gasteiger partial charge in [-0.2, -0.15) is 0 Å². The predicted molar refractivity (Wildman–Crippen MR) is 69.5 cm³/mol. The summed E-state index contributed by atoms with van der Waals surface area (Å²) in [4.78, 5) is 0. The largest absolute Gasteiger partial charge is 0.497 e. The molecule has 0 aliphatic heterocycles. The van der Waals surface area contributed by atoms with Crippen LogP contribution in [-0.2, 0) is 0 Å². The normalized spacial score (nSPS) is 10.3. The first kappa shape index (κ1) is 13.2. The maximum Gasteiger partial charge on any atom is 0.359 e. The average molecular weight is 424 g/mol. The molecule has 0 saturated carbocycles. The molecule has 0 saturated heterocycles. The zero-order chi connectivity index (χ0) is 12.3. The van der Waals surface area contributed by atoms with Gasteiger partial charge in [-0.05, 0) is 58.4 Å². The fourth-order valence-electron chi connectivity index (χ4n) is 1.30. The Morgan fingerprint density at radius 3 is 2.41 bits per heavy atom. The Morgan fingerprint density at radius 2 is 1.82 bits per heavy atom. The van der Waals surface area contributed by atoms with E-state index in [4.69, 9.17) is 16.3 Å². The smallest absolute Gasteiger partial charge is 0.359 e. The molecule has 0 aromatic heterocycles. The van der Waals surface area contributed by atoms with E-state index in [1.807, 2.05) is 24.3 Å². The highest BCUT2D eigenvalue weighted by Crippen LogP contribution is 2.15. The summed E-state index contributed by atoms with van der Waals surface area (Å²) in [6.45, 7) is 0. The zero-order valence-corrected chi connectivity index (χ0v) is 13.6. The van der Waals surface area contributed by atoms with E-state index in [9.17, 15) is 0 Å². The lowest BCUT2D eigenvalue weighted by Crippen LogP contribution is -3.61. The number of ether oxygens (including phenoxy) is 1. The van der Waals surface area contributed by atoms with Crippen molar-refractivity contribution in [2.45, 2.75) is 0 Å². The molecule has 0 radical (unpaired) electrons. The third kappa shape index (κ3) is 3.60.